The highest BCUT2D eigenvalue weighted by Gasteiger charge is 2.46. The van der Waals surface area contributed by atoms with E-state index in [0.717, 1.165) is 36.4 Å². The predicted octanol–water partition coefficient (Wildman–Crippen LogP) is 3.96. The molecule has 174 valence electrons. The lowest BCUT2D eigenvalue weighted by Gasteiger charge is -2.35. The number of carbonyl (C=O) groups is 1. The van der Waals surface area contributed by atoms with Gasteiger partial charge in [0, 0.05) is 38.3 Å². The molecule has 2 aromatic rings. The summed E-state index contributed by atoms with van der Waals surface area (Å²) >= 11 is 0. The van der Waals surface area contributed by atoms with Crippen LogP contribution in [0.2, 0.25) is 0 Å². The van der Waals surface area contributed by atoms with Crippen LogP contribution in [-0.4, -0.2) is 55.8 Å². The van der Waals surface area contributed by atoms with E-state index in [-0.39, 0.29) is 25.2 Å². The van der Waals surface area contributed by atoms with Gasteiger partial charge in [-0.25, -0.2) is 8.42 Å². The van der Waals surface area contributed by atoms with Gasteiger partial charge in [-0.3, -0.25) is 9.69 Å². The third kappa shape index (κ3) is 5.23. The number of hydrogen-bond donors (Lipinski definition) is 0. The first-order chi connectivity index (χ1) is 14.8. The molecule has 1 amide bonds. The zero-order chi connectivity index (χ0) is 23.7. The van der Waals surface area contributed by atoms with E-state index in [1.807, 2.05) is 4.90 Å². The standard InChI is InChI=1S/C20H18F6N2O3S/c21-19(22,23)16-3-1-2-14(12-16)13-27-8-10-28(11-9-27)18(29)15-4-6-17(7-5-15)32(30,31)20(24,25)26/h1-7,12H,8-11,13H2. The van der Waals surface area contributed by atoms with Gasteiger partial charge >= 0.3 is 11.7 Å². The molecule has 0 aliphatic carbocycles. The Morgan fingerprint density at radius 3 is 2.00 bits per heavy atom. The van der Waals surface area contributed by atoms with Crippen LogP contribution in [0.4, 0.5) is 26.3 Å². The van der Waals surface area contributed by atoms with Gasteiger partial charge in [0.05, 0.1) is 10.5 Å². The molecule has 0 N–H and O–H groups in total. The summed E-state index contributed by atoms with van der Waals surface area (Å²) in [7, 11) is -5.50. The number of alkyl halides is 6. The fraction of sp³-hybridized carbons (Fsp3) is 0.350. The highest BCUT2D eigenvalue weighted by Crippen LogP contribution is 2.31. The number of hydrogen-bond acceptors (Lipinski definition) is 4. The summed E-state index contributed by atoms with van der Waals surface area (Å²) < 4.78 is 99.2. The normalized spacial score (nSPS) is 16.2. The smallest absolute Gasteiger partial charge is 0.336 e. The Morgan fingerprint density at radius 1 is 0.875 bits per heavy atom. The lowest BCUT2D eigenvalue weighted by atomic mass is 10.1. The van der Waals surface area contributed by atoms with E-state index >= 15 is 0 Å². The van der Waals surface area contributed by atoms with Crippen LogP contribution in [0.3, 0.4) is 0 Å². The van der Waals surface area contributed by atoms with Gasteiger partial charge in [0.15, 0.2) is 0 Å². The Labute approximate surface area is 180 Å². The first-order valence-corrected chi connectivity index (χ1v) is 10.9. The van der Waals surface area contributed by atoms with Crippen molar-refractivity contribution in [2.24, 2.45) is 0 Å². The molecule has 12 heteroatoms. The van der Waals surface area contributed by atoms with Gasteiger partial charge in [0.2, 0.25) is 0 Å². The fourth-order valence-corrected chi connectivity index (χ4v) is 4.07. The number of nitrogens with zero attached hydrogens (tertiary/aromatic N) is 2. The zero-order valence-electron chi connectivity index (χ0n) is 16.4. The van der Waals surface area contributed by atoms with Gasteiger partial charge in [-0.1, -0.05) is 18.2 Å². The monoisotopic (exact) mass is 480 g/mol. The molecule has 5 nitrogen and oxygen atoms in total. The van der Waals surface area contributed by atoms with Crippen molar-refractivity contribution in [2.45, 2.75) is 23.1 Å². The molecule has 1 saturated heterocycles. The lowest BCUT2D eigenvalue weighted by molar-refractivity contribution is -0.137. The number of piperazine rings is 1. The summed E-state index contributed by atoms with van der Waals surface area (Å²) in [6, 6.07) is 8.51. The van der Waals surface area contributed by atoms with E-state index in [0.29, 0.717) is 18.7 Å². The van der Waals surface area contributed by atoms with E-state index in [2.05, 4.69) is 0 Å². The van der Waals surface area contributed by atoms with Gasteiger partial charge in [-0.05, 0) is 35.9 Å². The maximum absolute atomic E-state index is 12.8. The van der Waals surface area contributed by atoms with Crippen LogP contribution in [-0.2, 0) is 22.6 Å². The SMILES string of the molecule is O=C(c1ccc(S(=O)(=O)C(F)(F)F)cc1)N1CCN(Cc2cccc(C(F)(F)F)c2)CC1. The van der Waals surface area contributed by atoms with Crippen molar-refractivity contribution in [1.82, 2.24) is 9.80 Å². The number of halogens is 6. The first kappa shape index (κ1) is 24.1. The van der Waals surface area contributed by atoms with Crippen LogP contribution >= 0.6 is 0 Å². The largest absolute Gasteiger partial charge is 0.501 e. The quantitative estimate of drug-likeness (QED) is 0.622. The second kappa shape index (κ2) is 8.74. The summed E-state index contributed by atoms with van der Waals surface area (Å²) in [5.74, 6) is -0.473. The number of benzene rings is 2. The molecule has 0 saturated carbocycles. The molecule has 0 aromatic heterocycles. The highest BCUT2D eigenvalue weighted by molar-refractivity contribution is 7.92. The Balaban J connectivity index is 1.60. The number of amides is 1. The Hall–Kier alpha value is -2.60. The van der Waals surface area contributed by atoms with Crippen molar-refractivity contribution in [1.29, 1.82) is 0 Å². The molecular weight excluding hydrogens is 462 g/mol. The molecule has 0 radical (unpaired) electrons. The number of carbonyl (C=O) groups excluding carboxylic acids is 1. The highest BCUT2D eigenvalue weighted by atomic mass is 32.2. The van der Waals surface area contributed by atoms with Gasteiger partial charge < -0.3 is 4.90 Å². The summed E-state index contributed by atoms with van der Waals surface area (Å²) in [6.07, 6.45) is -4.43. The average molecular weight is 480 g/mol. The lowest BCUT2D eigenvalue weighted by Crippen LogP contribution is -2.48. The van der Waals surface area contributed by atoms with E-state index in [1.165, 1.54) is 11.0 Å². The maximum Gasteiger partial charge on any atom is 0.501 e. The molecule has 1 fully saturated rings. The van der Waals surface area contributed by atoms with Crippen LogP contribution in [0.5, 0.6) is 0 Å². The maximum atomic E-state index is 12.8. The van der Waals surface area contributed by atoms with Crippen molar-refractivity contribution < 1.29 is 39.6 Å². The van der Waals surface area contributed by atoms with E-state index in [4.69, 9.17) is 0 Å². The molecule has 1 aliphatic rings. The predicted molar refractivity (Wildman–Crippen MR) is 102 cm³/mol. The molecule has 32 heavy (non-hydrogen) atoms. The number of rotatable bonds is 4. The van der Waals surface area contributed by atoms with Gasteiger partial charge in [-0.2, -0.15) is 26.3 Å². The minimum atomic E-state index is -5.50. The summed E-state index contributed by atoms with van der Waals surface area (Å²) in [6.45, 7) is 1.59. The molecule has 3 rings (SSSR count). The topological polar surface area (TPSA) is 57.7 Å². The van der Waals surface area contributed by atoms with E-state index < -0.39 is 37.9 Å². The zero-order valence-corrected chi connectivity index (χ0v) is 17.3. The molecule has 0 unspecified atom stereocenters. The third-order valence-electron chi connectivity index (χ3n) is 5.04. The average Bonchev–Trinajstić information content (AvgIpc) is 2.73. The van der Waals surface area contributed by atoms with Crippen LogP contribution in [0.15, 0.2) is 53.4 Å². The third-order valence-corrected chi connectivity index (χ3v) is 6.54. The number of sulfone groups is 1. The second-order valence-electron chi connectivity index (χ2n) is 7.24. The summed E-state index contributed by atoms with van der Waals surface area (Å²) in [5.41, 5.74) is -5.65. The van der Waals surface area contributed by atoms with Gasteiger partial charge in [0.1, 0.15) is 0 Å². The van der Waals surface area contributed by atoms with E-state index in [9.17, 15) is 39.6 Å². The van der Waals surface area contributed by atoms with Crippen molar-refractivity contribution >= 4 is 15.7 Å². The van der Waals surface area contributed by atoms with Crippen LogP contribution in [0, 0.1) is 0 Å². The molecule has 0 atom stereocenters. The minimum Gasteiger partial charge on any atom is -0.336 e. The Kier molecular flexibility index (Phi) is 6.57. The van der Waals surface area contributed by atoms with Crippen LogP contribution in [0.25, 0.3) is 0 Å². The van der Waals surface area contributed by atoms with Crippen molar-refractivity contribution in [3.05, 3.63) is 65.2 Å². The van der Waals surface area contributed by atoms with Crippen molar-refractivity contribution in [2.75, 3.05) is 26.2 Å². The summed E-state index contributed by atoms with van der Waals surface area (Å²) in [5, 5.41) is 0. The summed E-state index contributed by atoms with van der Waals surface area (Å²) in [4.78, 5) is 15.0. The molecule has 1 heterocycles. The van der Waals surface area contributed by atoms with Crippen molar-refractivity contribution in [3.8, 4) is 0 Å². The fourth-order valence-electron chi connectivity index (χ4n) is 3.31. The molecule has 0 spiro atoms. The van der Waals surface area contributed by atoms with Crippen molar-refractivity contribution in [3.63, 3.8) is 0 Å². The van der Waals surface area contributed by atoms with Gasteiger partial charge in [-0.15, -0.1) is 0 Å². The first-order valence-electron chi connectivity index (χ1n) is 9.38. The molecular formula is C20H18F6N2O3S. The van der Waals surface area contributed by atoms with Crippen LogP contribution < -0.4 is 0 Å². The second-order valence-corrected chi connectivity index (χ2v) is 9.18. The molecule has 0 bridgehead atoms. The van der Waals surface area contributed by atoms with Gasteiger partial charge in [0.25, 0.3) is 15.7 Å². The van der Waals surface area contributed by atoms with Crippen LogP contribution in [0.1, 0.15) is 21.5 Å². The Bertz CT molecular complexity index is 1070. The molecule has 2 aromatic carbocycles. The van der Waals surface area contributed by atoms with E-state index in [1.54, 1.807) is 6.07 Å². The Morgan fingerprint density at radius 2 is 1.47 bits per heavy atom. The molecule has 1 aliphatic heterocycles. The minimum absolute atomic E-state index is 0.0393.